The van der Waals surface area contributed by atoms with E-state index in [4.69, 9.17) is 4.52 Å². The van der Waals surface area contributed by atoms with Gasteiger partial charge in [-0.1, -0.05) is 35.5 Å². The molecular weight excluding hydrogens is 314 g/mol. The van der Waals surface area contributed by atoms with Crippen molar-refractivity contribution in [2.45, 2.75) is 6.92 Å². The molecule has 4 nitrogen and oxygen atoms in total. The summed E-state index contributed by atoms with van der Waals surface area (Å²) in [6.07, 6.45) is 0. The predicted molar refractivity (Wildman–Crippen MR) is 88.9 cm³/mol. The van der Waals surface area contributed by atoms with Crippen LogP contribution in [0, 0.1) is 6.92 Å². The van der Waals surface area contributed by atoms with Gasteiger partial charge >= 0.3 is 0 Å². The molecule has 6 heteroatoms. The first-order chi connectivity index (χ1) is 10.8. The molecule has 0 saturated carbocycles. The molecule has 0 aliphatic rings. The first-order valence-corrected chi connectivity index (χ1v) is 8.46. The smallest absolute Gasteiger partial charge is 0.268 e. The summed E-state index contributed by atoms with van der Waals surface area (Å²) < 4.78 is 5.32. The van der Waals surface area contributed by atoms with E-state index in [9.17, 15) is 0 Å². The number of aromatic nitrogens is 3. The number of hydrogen-bond acceptors (Lipinski definition) is 6. The largest absolute Gasteiger partial charge is 0.333 e. The highest BCUT2D eigenvalue weighted by Gasteiger charge is 2.11. The van der Waals surface area contributed by atoms with Crippen LogP contribution in [-0.4, -0.2) is 15.1 Å². The van der Waals surface area contributed by atoms with Crippen LogP contribution >= 0.6 is 22.7 Å². The van der Waals surface area contributed by atoms with Crippen molar-refractivity contribution in [3.05, 3.63) is 52.2 Å². The lowest BCUT2D eigenvalue weighted by Gasteiger charge is -1.98. The van der Waals surface area contributed by atoms with E-state index in [1.54, 1.807) is 22.7 Å². The summed E-state index contributed by atoms with van der Waals surface area (Å²) >= 11 is 3.24. The molecule has 4 rings (SSSR count). The van der Waals surface area contributed by atoms with Crippen LogP contribution in [0.2, 0.25) is 0 Å². The number of thiazole rings is 1. The molecule has 0 radical (unpaired) electrons. The van der Waals surface area contributed by atoms with Crippen molar-refractivity contribution in [2.75, 3.05) is 0 Å². The fourth-order valence-electron chi connectivity index (χ4n) is 2.13. The minimum absolute atomic E-state index is 0.559. The lowest BCUT2D eigenvalue weighted by molar-refractivity contribution is 0.433. The summed E-state index contributed by atoms with van der Waals surface area (Å²) in [6, 6.07) is 12.0. The third-order valence-electron chi connectivity index (χ3n) is 3.22. The van der Waals surface area contributed by atoms with Gasteiger partial charge in [0.15, 0.2) is 0 Å². The molecule has 108 valence electrons. The first-order valence-electron chi connectivity index (χ1n) is 6.70. The first kappa shape index (κ1) is 13.4. The maximum absolute atomic E-state index is 5.32. The highest BCUT2D eigenvalue weighted by Crippen LogP contribution is 2.27. The third kappa shape index (κ3) is 2.47. The Labute approximate surface area is 135 Å². The monoisotopic (exact) mass is 325 g/mol. The summed E-state index contributed by atoms with van der Waals surface area (Å²) in [4.78, 5) is 9.92. The molecule has 0 aliphatic carbocycles. The molecule has 0 unspecified atom stereocenters. The van der Waals surface area contributed by atoms with Gasteiger partial charge in [0.05, 0.1) is 15.6 Å². The van der Waals surface area contributed by atoms with Crippen LogP contribution in [0.1, 0.15) is 5.01 Å². The zero-order valence-corrected chi connectivity index (χ0v) is 13.3. The molecule has 0 amide bonds. The van der Waals surface area contributed by atoms with Crippen LogP contribution in [0.5, 0.6) is 0 Å². The van der Waals surface area contributed by atoms with Gasteiger partial charge in [-0.15, -0.1) is 22.7 Å². The molecule has 4 aromatic rings. The lowest BCUT2D eigenvalue weighted by Crippen LogP contribution is -1.82. The molecule has 0 saturated heterocycles. The topological polar surface area (TPSA) is 51.8 Å². The highest BCUT2D eigenvalue weighted by atomic mass is 32.1. The van der Waals surface area contributed by atoms with Crippen LogP contribution in [0.4, 0.5) is 0 Å². The van der Waals surface area contributed by atoms with Crippen LogP contribution in [0.15, 0.2) is 51.7 Å². The van der Waals surface area contributed by atoms with Gasteiger partial charge in [0.1, 0.15) is 0 Å². The number of aryl methyl sites for hydroxylation is 1. The van der Waals surface area contributed by atoms with Gasteiger partial charge in [-0.25, -0.2) is 4.98 Å². The Morgan fingerprint density at radius 1 is 0.955 bits per heavy atom. The number of rotatable bonds is 3. The molecule has 3 aromatic heterocycles. The molecule has 0 spiro atoms. The van der Waals surface area contributed by atoms with E-state index in [-0.39, 0.29) is 0 Å². The Morgan fingerprint density at radius 3 is 2.45 bits per heavy atom. The molecule has 0 atom stereocenters. The van der Waals surface area contributed by atoms with Gasteiger partial charge in [-0.05, 0) is 18.4 Å². The van der Waals surface area contributed by atoms with Crippen molar-refractivity contribution >= 4 is 22.7 Å². The molecule has 0 bridgehead atoms. The predicted octanol–water partition coefficient (Wildman–Crippen LogP) is 4.90. The van der Waals surface area contributed by atoms with Crippen molar-refractivity contribution < 1.29 is 4.52 Å². The zero-order valence-electron chi connectivity index (χ0n) is 11.7. The lowest BCUT2D eigenvalue weighted by atomic mass is 10.1. The van der Waals surface area contributed by atoms with E-state index in [1.807, 2.05) is 48.7 Å². The standard InChI is InChI=1S/C16H11N3OS2/c1-10-17-13(9-22-10)11-4-6-12(7-5-11)15-18-16(20-19-15)14-3-2-8-21-14/h2-9H,1H3. The molecule has 3 heterocycles. The van der Waals surface area contributed by atoms with E-state index in [2.05, 4.69) is 20.5 Å². The molecule has 22 heavy (non-hydrogen) atoms. The number of hydrogen-bond donors (Lipinski definition) is 0. The minimum Gasteiger partial charge on any atom is -0.333 e. The van der Waals surface area contributed by atoms with Crippen LogP contribution in [0.3, 0.4) is 0 Å². The van der Waals surface area contributed by atoms with Crippen LogP contribution in [0.25, 0.3) is 33.4 Å². The number of benzene rings is 1. The SMILES string of the molecule is Cc1nc(-c2ccc(-c3noc(-c4cccs4)n3)cc2)cs1. The van der Waals surface area contributed by atoms with E-state index in [1.165, 1.54) is 0 Å². The molecule has 1 aromatic carbocycles. The molecular formula is C16H11N3OS2. The van der Waals surface area contributed by atoms with Gasteiger partial charge in [-0.2, -0.15) is 4.98 Å². The average Bonchev–Trinajstić information content (AvgIpc) is 3.28. The fourth-order valence-corrected chi connectivity index (χ4v) is 3.39. The Balaban J connectivity index is 1.63. The van der Waals surface area contributed by atoms with Crippen LogP contribution in [-0.2, 0) is 0 Å². The quantitative estimate of drug-likeness (QED) is 0.538. The Kier molecular flexibility index (Phi) is 3.32. The van der Waals surface area contributed by atoms with Crippen molar-refractivity contribution in [2.24, 2.45) is 0 Å². The van der Waals surface area contributed by atoms with E-state index in [0.717, 1.165) is 26.7 Å². The Morgan fingerprint density at radius 2 is 1.77 bits per heavy atom. The fraction of sp³-hybridized carbons (Fsp3) is 0.0625. The average molecular weight is 325 g/mol. The number of thiophene rings is 1. The van der Waals surface area contributed by atoms with Gasteiger partial charge in [0.2, 0.25) is 5.82 Å². The second-order valence-electron chi connectivity index (χ2n) is 4.73. The van der Waals surface area contributed by atoms with E-state index >= 15 is 0 Å². The van der Waals surface area contributed by atoms with Gasteiger partial charge in [0, 0.05) is 16.5 Å². The normalized spacial score (nSPS) is 11.0. The maximum Gasteiger partial charge on any atom is 0.268 e. The van der Waals surface area contributed by atoms with Crippen molar-refractivity contribution in [1.82, 2.24) is 15.1 Å². The summed E-state index contributed by atoms with van der Waals surface area (Å²) in [5.41, 5.74) is 3.03. The van der Waals surface area contributed by atoms with Gasteiger partial charge in [-0.3, -0.25) is 0 Å². The second-order valence-corrected chi connectivity index (χ2v) is 6.74. The second kappa shape index (κ2) is 5.47. The highest BCUT2D eigenvalue weighted by molar-refractivity contribution is 7.13. The van der Waals surface area contributed by atoms with Crippen molar-refractivity contribution in [3.63, 3.8) is 0 Å². The summed E-state index contributed by atoms with van der Waals surface area (Å²) in [5.74, 6) is 1.16. The van der Waals surface area contributed by atoms with E-state index < -0.39 is 0 Å². The minimum atomic E-state index is 0.559. The number of nitrogens with zero attached hydrogens (tertiary/aromatic N) is 3. The van der Waals surface area contributed by atoms with Gasteiger partial charge in [0.25, 0.3) is 5.89 Å². The summed E-state index contributed by atoms with van der Waals surface area (Å²) in [5, 5.41) is 9.18. The van der Waals surface area contributed by atoms with E-state index in [0.29, 0.717) is 11.7 Å². The van der Waals surface area contributed by atoms with Gasteiger partial charge < -0.3 is 4.52 Å². The summed E-state index contributed by atoms with van der Waals surface area (Å²) in [6.45, 7) is 2.01. The van der Waals surface area contributed by atoms with Crippen molar-refractivity contribution in [3.8, 4) is 33.4 Å². The molecule has 0 N–H and O–H groups in total. The molecule has 0 aliphatic heterocycles. The Hall–Kier alpha value is -2.31. The third-order valence-corrected chi connectivity index (χ3v) is 4.85. The summed E-state index contributed by atoms with van der Waals surface area (Å²) in [7, 11) is 0. The van der Waals surface area contributed by atoms with Crippen LogP contribution < -0.4 is 0 Å². The maximum atomic E-state index is 5.32. The van der Waals surface area contributed by atoms with Crippen molar-refractivity contribution in [1.29, 1.82) is 0 Å². The Bertz CT molecular complexity index is 892. The zero-order chi connectivity index (χ0) is 14.9. The molecule has 0 fully saturated rings.